The third-order valence-corrected chi connectivity index (χ3v) is 5.62. The van der Waals surface area contributed by atoms with E-state index < -0.39 is 0 Å². The molecule has 7 heteroatoms. The average molecular weight is 392 g/mol. The lowest BCUT2D eigenvalue weighted by atomic mass is 10.1. The zero-order chi connectivity index (χ0) is 18.4. The van der Waals surface area contributed by atoms with Crippen molar-refractivity contribution >= 4 is 34.4 Å². The van der Waals surface area contributed by atoms with Gasteiger partial charge in [0.15, 0.2) is 5.11 Å². The minimum absolute atomic E-state index is 0.154. The first-order valence-corrected chi connectivity index (χ1v) is 10.0. The van der Waals surface area contributed by atoms with Crippen molar-refractivity contribution in [1.29, 1.82) is 0 Å². The van der Waals surface area contributed by atoms with Crippen molar-refractivity contribution in [2.24, 2.45) is 0 Å². The van der Waals surface area contributed by atoms with Crippen molar-refractivity contribution in [1.82, 2.24) is 10.2 Å². The van der Waals surface area contributed by atoms with E-state index in [-0.39, 0.29) is 12.1 Å². The van der Waals surface area contributed by atoms with E-state index in [4.69, 9.17) is 21.7 Å². The highest BCUT2D eigenvalue weighted by Gasteiger charge is 2.29. The average Bonchev–Trinajstić information content (AvgIpc) is 3.17. The predicted octanol–water partition coefficient (Wildman–Crippen LogP) is 3.51. The molecular formula is C19H25N3O2S2. The molecule has 5 nitrogen and oxygen atoms in total. The van der Waals surface area contributed by atoms with Crippen molar-refractivity contribution in [3.8, 4) is 5.75 Å². The zero-order valence-corrected chi connectivity index (χ0v) is 16.7. The van der Waals surface area contributed by atoms with Gasteiger partial charge < -0.3 is 20.1 Å². The molecule has 1 saturated heterocycles. The Bertz CT molecular complexity index is 703. The van der Waals surface area contributed by atoms with Gasteiger partial charge in [0.25, 0.3) is 0 Å². The Morgan fingerprint density at radius 1 is 1.23 bits per heavy atom. The van der Waals surface area contributed by atoms with E-state index in [1.165, 1.54) is 4.88 Å². The summed E-state index contributed by atoms with van der Waals surface area (Å²) in [6, 6.07) is 12.5. The quantitative estimate of drug-likeness (QED) is 0.735. The fourth-order valence-corrected chi connectivity index (χ4v) is 4.51. The summed E-state index contributed by atoms with van der Waals surface area (Å²) in [5.41, 5.74) is 0.860. The van der Waals surface area contributed by atoms with Gasteiger partial charge in [-0.1, -0.05) is 18.2 Å². The zero-order valence-electron chi connectivity index (χ0n) is 15.1. The van der Waals surface area contributed by atoms with Gasteiger partial charge in [-0.15, -0.1) is 11.3 Å². The number of methoxy groups -OCH3 is 1. The van der Waals surface area contributed by atoms with Crippen molar-refractivity contribution in [3.63, 3.8) is 0 Å². The molecule has 2 heterocycles. The van der Waals surface area contributed by atoms with Crippen molar-refractivity contribution in [2.75, 3.05) is 38.7 Å². The van der Waals surface area contributed by atoms with Crippen molar-refractivity contribution in [3.05, 3.63) is 46.7 Å². The van der Waals surface area contributed by atoms with Crippen molar-refractivity contribution in [2.45, 2.75) is 19.0 Å². The normalized spacial score (nSPS) is 17.3. The third-order valence-electron chi connectivity index (χ3n) is 4.46. The van der Waals surface area contributed by atoms with Crippen LogP contribution in [0.15, 0.2) is 41.8 Å². The SMILES string of the molecule is COc1ccccc1NC(=S)N[C@@H](C)[C@@H](c1cccs1)N1CCOCC1. The molecule has 0 amide bonds. The van der Waals surface area contributed by atoms with E-state index >= 15 is 0 Å². The van der Waals surface area contributed by atoms with Gasteiger partial charge in [-0.3, -0.25) is 4.90 Å². The highest BCUT2D eigenvalue weighted by molar-refractivity contribution is 7.80. The van der Waals surface area contributed by atoms with Crippen LogP contribution in [0.4, 0.5) is 5.69 Å². The Labute approximate surface area is 164 Å². The number of para-hydroxylation sites is 2. The molecule has 0 radical (unpaired) electrons. The van der Waals surface area contributed by atoms with Crippen molar-refractivity contribution < 1.29 is 9.47 Å². The first kappa shape index (κ1) is 19.1. The number of hydrogen-bond acceptors (Lipinski definition) is 5. The van der Waals surface area contributed by atoms with Gasteiger partial charge >= 0.3 is 0 Å². The van der Waals surface area contributed by atoms with Gasteiger partial charge in [0.1, 0.15) is 5.75 Å². The van der Waals surface area contributed by atoms with E-state index in [1.807, 2.05) is 24.3 Å². The number of morpholine rings is 1. The molecule has 0 saturated carbocycles. The van der Waals surface area contributed by atoms with E-state index in [9.17, 15) is 0 Å². The fourth-order valence-electron chi connectivity index (χ4n) is 3.25. The maximum Gasteiger partial charge on any atom is 0.171 e. The lowest BCUT2D eigenvalue weighted by Gasteiger charge is -2.38. The smallest absolute Gasteiger partial charge is 0.171 e. The summed E-state index contributed by atoms with van der Waals surface area (Å²) in [6.45, 7) is 5.59. The van der Waals surface area contributed by atoms with Crippen LogP contribution in [0.3, 0.4) is 0 Å². The van der Waals surface area contributed by atoms with Crippen LogP contribution in [0.5, 0.6) is 5.75 Å². The Kier molecular flexibility index (Phi) is 6.85. The first-order chi connectivity index (χ1) is 12.7. The van der Waals surface area contributed by atoms with Gasteiger partial charge in [-0.25, -0.2) is 0 Å². The molecule has 0 bridgehead atoms. The molecule has 26 heavy (non-hydrogen) atoms. The maximum atomic E-state index is 5.55. The lowest BCUT2D eigenvalue weighted by molar-refractivity contribution is 0.0110. The lowest BCUT2D eigenvalue weighted by Crippen LogP contribution is -2.49. The largest absolute Gasteiger partial charge is 0.495 e. The summed E-state index contributed by atoms with van der Waals surface area (Å²) < 4.78 is 10.9. The molecule has 2 aromatic rings. The van der Waals surface area contributed by atoms with Crippen LogP contribution in [0, 0.1) is 0 Å². The van der Waals surface area contributed by atoms with Gasteiger partial charge in [-0.05, 0) is 42.7 Å². The number of anilines is 1. The third kappa shape index (κ3) is 4.73. The number of rotatable bonds is 6. The summed E-state index contributed by atoms with van der Waals surface area (Å²) in [5.74, 6) is 0.771. The number of ether oxygens (including phenoxy) is 2. The molecule has 0 unspecified atom stereocenters. The standard InChI is InChI=1S/C19H25N3O2S2/c1-14(20-19(25)21-15-6-3-4-7-16(15)23-2)18(17-8-5-13-26-17)22-9-11-24-12-10-22/h3-8,13-14,18H,9-12H2,1-2H3,(H2,20,21,25)/t14-,18-/m0/s1. The highest BCUT2D eigenvalue weighted by Crippen LogP contribution is 2.29. The summed E-state index contributed by atoms with van der Waals surface area (Å²) >= 11 is 7.34. The van der Waals surface area contributed by atoms with Gasteiger partial charge in [0, 0.05) is 24.0 Å². The van der Waals surface area contributed by atoms with Crippen LogP contribution >= 0.6 is 23.6 Å². The minimum atomic E-state index is 0.154. The van der Waals surface area contributed by atoms with E-state index in [2.05, 4.69) is 40.0 Å². The number of nitrogens with zero attached hydrogens (tertiary/aromatic N) is 1. The first-order valence-electron chi connectivity index (χ1n) is 8.75. The van der Waals surface area contributed by atoms with E-state index in [0.717, 1.165) is 37.7 Å². The molecule has 2 N–H and O–H groups in total. The Morgan fingerprint density at radius 2 is 2.00 bits per heavy atom. The number of thiocarbonyl (C=S) groups is 1. The topological polar surface area (TPSA) is 45.8 Å². The Balaban J connectivity index is 1.68. The fraction of sp³-hybridized carbons (Fsp3) is 0.421. The number of benzene rings is 1. The second-order valence-electron chi connectivity index (χ2n) is 6.20. The molecule has 3 rings (SSSR count). The molecular weight excluding hydrogens is 366 g/mol. The van der Waals surface area contributed by atoms with Gasteiger partial charge in [0.2, 0.25) is 0 Å². The highest BCUT2D eigenvalue weighted by atomic mass is 32.1. The second-order valence-corrected chi connectivity index (χ2v) is 7.58. The molecule has 1 aromatic heterocycles. The summed E-state index contributed by atoms with van der Waals surface area (Å²) in [7, 11) is 1.66. The number of nitrogens with one attached hydrogen (secondary N) is 2. The molecule has 0 aliphatic carbocycles. The summed E-state index contributed by atoms with van der Waals surface area (Å²) in [4.78, 5) is 3.81. The molecule has 1 aromatic carbocycles. The monoisotopic (exact) mass is 391 g/mol. The molecule has 140 valence electrons. The van der Waals surface area contributed by atoms with E-state index in [1.54, 1.807) is 18.4 Å². The Hall–Kier alpha value is -1.67. The van der Waals surface area contributed by atoms with Gasteiger partial charge in [-0.2, -0.15) is 0 Å². The van der Waals surface area contributed by atoms with Crippen LogP contribution in [-0.2, 0) is 4.74 Å². The molecule has 2 atom stereocenters. The van der Waals surface area contributed by atoms with Crippen LogP contribution in [-0.4, -0.2) is 49.5 Å². The number of thiophene rings is 1. The minimum Gasteiger partial charge on any atom is -0.495 e. The molecule has 1 fully saturated rings. The van der Waals surface area contributed by atoms with E-state index in [0.29, 0.717) is 5.11 Å². The Morgan fingerprint density at radius 3 is 2.69 bits per heavy atom. The van der Waals surface area contributed by atoms with Crippen LogP contribution in [0.1, 0.15) is 17.8 Å². The maximum absolute atomic E-state index is 5.55. The molecule has 1 aliphatic rings. The van der Waals surface area contributed by atoms with Crippen LogP contribution < -0.4 is 15.4 Å². The second kappa shape index (κ2) is 9.32. The predicted molar refractivity (Wildman–Crippen MR) is 111 cm³/mol. The molecule has 0 spiro atoms. The summed E-state index contributed by atoms with van der Waals surface area (Å²) in [5, 5.41) is 9.43. The van der Waals surface area contributed by atoms with Crippen LogP contribution in [0.25, 0.3) is 0 Å². The van der Waals surface area contributed by atoms with Gasteiger partial charge in [0.05, 0.1) is 32.1 Å². The number of hydrogen-bond donors (Lipinski definition) is 2. The summed E-state index contributed by atoms with van der Waals surface area (Å²) in [6.07, 6.45) is 0. The molecule has 1 aliphatic heterocycles. The van der Waals surface area contributed by atoms with Crippen LogP contribution in [0.2, 0.25) is 0 Å².